The van der Waals surface area contributed by atoms with E-state index >= 15 is 0 Å². The van der Waals surface area contributed by atoms with Crippen LogP contribution in [-0.2, 0) is 33.3 Å². The summed E-state index contributed by atoms with van der Waals surface area (Å²) >= 11 is 0. The molecular weight excluding hydrogens is 1160 g/mol. The Morgan fingerprint density at radius 3 is 0.904 bits per heavy atom. The number of carboxylic acids is 1. The van der Waals surface area contributed by atoms with Gasteiger partial charge in [-0.1, -0.05) is 374 Å². The molecule has 2 atom stereocenters. The molecule has 0 aliphatic rings. The van der Waals surface area contributed by atoms with Crippen molar-refractivity contribution in [2.45, 2.75) is 379 Å². The third kappa shape index (κ3) is 75.6. The molecule has 0 aliphatic carbocycles. The number of aliphatic carboxylic acids is 1. The minimum absolute atomic E-state index is 0.141. The monoisotopic (exact) mass is 1310 g/mol. The fourth-order valence-corrected chi connectivity index (χ4v) is 11.6. The van der Waals surface area contributed by atoms with Crippen molar-refractivity contribution in [3.8, 4) is 0 Å². The van der Waals surface area contributed by atoms with E-state index in [2.05, 4.69) is 111 Å². The van der Waals surface area contributed by atoms with Gasteiger partial charge in [0.05, 0.1) is 40.3 Å². The number of likely N-dealkylation sites (N-methyl/N-ethyl adjacent to an activating group) is 1. The molecule has 0 N–H and O–H groups in total. The maximum Gasteiger partial charge on any atom is 0.306 e. The van der Waals surface area contributed by atoms with Gasteiger partial charge in [-0.05, 0) is 77.0 Å². The summed E-state index contributed by atoms with van der Waals surface area (Å²) < 4.78 is 22.8. The van der Waals surface area contributed by atoms with Gasteiger partial charge in [0.1, 0.15) is 13.2 Å². The predicted octanol–water partition coefficient (Wildman–Crippen LogP) is 24.2. The first-order chi connectivity index (χ1) is 46.1. The molecule has 0 saturated carbocycles. The van der Waals surface area contributed by atoms with Crippen molar-refractivity contribution >= 4 is 17.9 Å². The Morgan fingerprint density at radius 2 is 0.606 bits per heavy atom. The lowest BCUT2D eigenvalue weighted by Gasteiger charge is -2.26. The van der Waals surface area contributed by atoms with Crippen molar-refractivity contribution in [1.82, 2.24) is 0 Å². The molecule has 94 heavy (non-hydrogen) atoms. The number of carboxylic acid groups (broad SMARTS) is 1. The first kappa shape index (κ1) is 90.2. The minimum Gasteiger partial charge on any atom is -0.545 e. The number of allylic oxidation sites excluding steroid dienone is 16. The van der Waals surface area contributed by atoms with Crippen LogP contribution >= 0.6 is 0 Å². The van der Waals surface area contributed by atoms with Gasteiger partial charge in [0, 0.05) is 12.8 Å². The van der Waals surface area contributed by atoms with Gasteiger partial charge in [-0.3, -0.25) is 9.59 Å². The third-order valence-corrected chi connectivity index (χ3v) is 17.6. The summed E-state index contributed by atoms with van der Waals surface area (Å²) in [6.07, 6.45) is 101. The van der Waals surface area contributed by atoms with E-state index in [0.717, 1.165) is 109 Å². The van der Waals surface area contributed by atoms with E-state index in [1.165, 1.54) is 225 Å². The first-order valence-electron chi connectivity index (χ1n) is 39.9. The van der Waals surface area contributed by atoms with Crippen LogP contribution in [0.1, 0.15) is 367 Å². The molecule has 0 rings (SSSR count). The van der Waals surface area contributed by atoms with E-state index in [9.17, 15) is 19.5 Å². The number of hydrogen-bond acceptors (Lipinski definition) is 8. The van der Waals surface area contributed by atoms with Crippen LogP contribution < -0.4 is 5.11 Å². The second kappa shape index (κ2) is 75.0. The quantitative estimate of drug-likeness (QED) is 0.0195. The smallest absolute Gasteiger partial charge is 0.306 e. The maximum atomic E-state index is 13.0. The molecule has 0 aromatic carbocycles. The molecule has 0 fully saturated rings. The van der Waals surface area contributed by atoms with Crippen LogP contribution in [0.15, 0.2) is 97.2 Å². The van der Waals surface area contributed by atoms with Crippen molar-refractivity contribution in [3.63, 3.8) is 0 Å². The van der Waals surface area contributed by atoms with Crippen LogP contribution in [0.3, 0.4) is 0 Å². The fourth-order valence-electron chi connectivity index (χ4n) is 11.6. The van der Waals surface area contributed by atoms with Crippen LogP contribution in [0, 0.1) is 0 Å². The fraction of sp³-hybridized carbons (Fsp3) is 0.776. The third-order valence-electron chi connectivity index (χ3n) is 17.6. The number of carbonyl (C=O) groups is 3. The number of hydrogen-bond donors (Lipinski definition) is 0. The summed E-state index contributed by atoms with van der Waals surface area (Å²) in [6.45, 7) is 4.66. The second-order valence-corrected chi connectivity index (χ2v) is 28.0. The first-order valence-corrected chi connectivity index (χ1v) is 39.9. The lowest BCUT2D eigenvalue weighted by Crippen LogP contribution is -2.44. The van der Waals surface area contributed by atoms with E-state index in [1.807, 2.05) is 21.1 Å². The summed E-state index contributed by atoms with van der Waals surface area (Å²) in [5.41, 5.74) is 0. The predicted molar refractivity (Wildman–Crippen MR) is 403 cm³/mol. The SMILES string of the molecule is CC/C=C\C/C=C\C/C=C\C/C=C\C/C=C\C/C=C\C/C=C\C/C=C\CCCCCCCCC(=O)OC(COC(=O)CCCCCCCCCCCCCCCCCCCCCCCCCCCCCCCCCCCCCCCC)COC(OCC[N+](C)(C)C)C(=O)[O-]. The standard InChI is InChI=1S/C85H151NO8/c1-6-8-10-12-14-16-18-20-22-24-26-28-30-32-34-36-38-39-40-41-42-43-44-46-47-49-51-53-55-57-59-61-63-65-67-69-71-73-75-82(87)92-79-81(80-93-85(84(89)90)91-78-77-86(3,4)5)94-83(88)76-74-72-70-68-66-64-62-60-58-56-54-52-50-48-45-37-35-33-31-29-27-25-23-21-19-17-15-13-11-9-7-2/h9,11,15,17,21,23,27,29,33,35,45,48,52,54,58,60,81,85H,6-8,10,12-14,16,18-20,22,24-26,28,30-32,34,36-44,46-47,49-51,53,55-57,59,61-80H2,1-5H3/b11-9-,17-15-,23-21-,29-27-,35-33-,48-45-,54-52-,60-58-. The molecule has 9 heteroatoms. The highest BCUT2D eigenvalue weighted by atomic mass is 16.7. The molecule has 0 aromatic rings. The van der Waals surface area contributed by atoms with E-state index in [4.69, 9.17) is 18.9 Å². The summed E-state index contributed by atoms with van der Waals surface area (Å²) in [6, 6.07) is 0. The highest BCUT2D eigenvalue weighted by Crippen LogP contribution is 2.19. The van der Waals surface area contributed by atoms with Gasteiger partial charge in [0.15, 0.2) is 12.4 Å². The second-order valence-electron chi connectivity index (χ2n) is 28.0. The lowest BCUT2D eigenvalue weighted by atomic mass is 10.0. The molecule has 544 valence electrons. The Balaban J connectivity index is 4.04. The molecule has 0 radical (unpaired) electrons. The Labute approximate surface area is 582 Å². The molecule has 0 saturated heterocycles. The average molecular weight is 1320 g/mol. The summed E-state index contributed by atoms with van der Waals surface area (Å²) in [4.78, 5) is 37.6. The topological polar surface area (TPSA) is 111 Å². The van der Waals surface area contributed by atoms with E-state index in [0.29, 0.717) is 17.4 Å². The molecule has 0 aromatic heterocycles. The van der Waals surface area contributed by atoms with Gasteiger partial charge < -0.3 is 33.3 Å². The van der Waals surface area contributed by atoms with Crippen molar-refractivity contribution < 1.29 is 42.9 Å². The minimum atomic E-state index is -1.63. The van der Waals surface area contributed by atoms with Crippen LogP contribution in [0.2, 0.25) is 0 Å². The molecule has 0 spiro atoms. The lowest BCUT2D eigenvalue weighted by molar-refractivity contribution is -0.870. The van der Waals surface area contributed by atoms with E-state index < -0.39 is 24.3 Å². The summed E-state index contributed by atoms with van der Waals surface area (Å²) in [5, 5.41) is 11.9. The van der Waals surface area contributed by atoms with E-state index in [-0.39, 0.29) is 38.6 Å². The number of quaternary nitrogens is 1. The van der Waals surface area contributed by atoms with Gasteiger partial charge in [-0.2, -0.15) is 0 Å². The zero-order valence-electron chi connectivity index (χ0n) is 62.3. The van der Waals surface area contributed by atoms with Crippen LogP contribution in [0.5, 0.6) is 0 Å². The molecular formula is C85H151NO8. The summed E-state index contributed by atoms with van der Waals surface area (Å²) in [5.74, 6) is -2.29. The number of ether oxygens (including phenoxy) is 4. The molecule has 2 unspecified atom stereocenters. The molecule has 0 bridgehead atoms. The number of nitrogens with zero attached hydrogens (tertiary/aromatic N) is 1. The zero-order chi connectivity index (χ0) is 68.2. The van der Waals surface area contributed by atoms with Crippen molar-refractivity contribution in [2.75, 3.05) is 47.5 Å². The Bertz CT molecular complexity index is 1870. The Hall–Kier alpha value is -3.79. The Morgan fingerprint density at radius 1 is 0.330 bits per heavy atom. The Kier molecular flexibility index (Phi) is 72.0. The van der Waals surface area contributed by atoms with Gasteiger partial charge in [0.25, 0.3) is 0 Å². The number of esters is 2. The highest BCUT2D eigenvalue weighted by Gasteiger charge is 2.22. The maximum absolute atomic E-state index is 13.0. The number of rotatable bonds is 74. The van der Waals surface area contributed by atoms with Crippen molar-refractivity contribution in [1.29, 1.82) is 0 Å². The van der Waals surface area contributed by atoms with Crippen LogP contribution in [-0.4, -0.2) is 82.3 Å². The zero-order valence-corrected chi connectivity index (χ0v) is 62.3. The van der Waals surface area contributed by atoms with Gasteiger partial charge in [-0.25, -0.2) is 0 Å². The van der Waals surface area contributed by atoms with Gasteiger partial charge in [0.2, 0.25) is 0 Å². The number of unbranched alkanes of at least 4 members (excludes halogenated alkanes) is 43. The summed E-state index contributed by atoms with van der Waals surface area (Å²) in [7, 11) is 5.93. The molecule has 0 heterocycles. The highest BCUT2D eigenvalue weighted by molar-refractivity contribution is 5.70. The molecule has 9 nitrogen and oxygen atoms in total. The molecule has 0 amide bonds. The van der Waals surface area contributed by atoms with Crippen LogP contribution in [0.4, 0.5) is 0 Å². The van der Waals surface area contributed by atoms with Crippen molar-refractivity contribution in [3.05, 3.63) is 97.2 Å². The molecule has 0 aliphatic heterocycles. The van der Waals surface area contributed by atoms with Gasteiger partial charge in [-0.15, -0.1) is 0 Å². The average Bonchev–Trinajstić information content (AvgIpc) is 3.76. The van der Waals surface area contributed by atoms with E-state index in [1.54, 1.807) is 0 Å². The largest absolute Gasteiger partial charge is 0.545 e. The normalized spacial score (nSPS) is 13.2. The number of carbonyl (C=O) groups excluding carboxylic acids is 3. The van der Waals surface area contributed by atoms with Crippen LogP contribution in [0.25, 0.3) is 0 Å². The van der Waals surface area contributed by atoms with Crippen molar-refractivity contribution in [2.24, 2.45) is 0 Å². The van der Waals surface area contributed by atoms with Gasteiger partial charge >= 0.3 is 11.9 Å².